The van der Waals surface area contributed by atoms with Crippen LogP contribution < -0.4 is 16.2 Å². The maximum absolute atomic E-state index is 13.1. The first-order chi connectivity index (χ1) is 13.4. The first-order valence-electron chi connectivity index (χ1n) is 8.37. The Morgan fingerprint density at radius 3 is 2.64 bits per heavy atom. The lowest BCUT2D eigenvalue weighted by Gasteiger charge is -2.16. The molecule has 0 aliphatic carbocycles. The van der Waals surface area contributed by atoms with Gasteiger partial charge in [0.05, 0.1) is 21.8 Å². The number of carbonyl (C=O) groups excluding carboxylic acids is 2. The molecule has 1 atom stereocenters. The highest BCUT2D eigenvalue weighted by Crippen LogP contribution is 2.26. The second kappa shape index (κ2) is 8.45. The number of urea groups is 1. The minimum absolute atomic E-state index is 0.269. The van der Waals surface area contributed by atoms with Crippen LogP contribution in [0.5, 0.6) is 0 Å². The van der Waals surface area contributed by atoms with Crippen LogP contribution in [0.25, 0.3) is 16.6 Å². The molecule has 9 heteroatoms. The molecule has 0 aliphatic heterocycles. The molecule has 0 aliphatic rings. The number of carbonyl (C=O) groups is 2. The van der Waals surface area contributed by atoms with E-state index >= 15 is 0 Å². The Hall–Kier alpha value is -2.84. The third-order valence-electron chi connectivity index (χ3n) is 3.93. The lowest BCUT2D eigenvalue weighted by molar-refractivity contribution is -0.119. The lowest BCUT2D eigenvalue weighted by atomic mass is 10.2. The molecule has 3 amide bonds. The Labute approximate surface area is 170 Å². The summed E-state index contributed by atoms with van der Waals surface area (Å²) in [5, 5.41) is 5.13. The monoisotopic (exact) mass is 416 g/mol. The van der Waals surface area contributed by atoms with E-state index in [0.717, 1.165) is 11.8 Å². The molecule has 3 rings (SSSR count). The number of hydrogen-bond donors (Lipinski definition) is 2. The molecule has 0 saturated heterocycles. The van der Waals surface area contributed by atoms with Crippen molar-refractivity contribution in [3.8, 4) is 5.69 Å². The fraction of sp³-hybridized carbons (Fsp3) is 0.158. The quantitative estimate of drug-likeness (QED) is 0.503. The summed E-state index contributed by atoms with van der Waals surface area (Å²) < 4.78 is 1.42. The Morgan fingerprint density at radius 1 is 1.18 bits per heavy atom. The molecule has 0 unspecified atom stereocenters. The fourth-order valence-electron chi connectivity index (χ4n) is 2.52. The van der Waals surface area contributed by atoms with E-state index in [2.05, 4.69) is 15.6 Å². The van der Waals surface area contributed by atoms with Crippen LogP contribution in [0.2, 0.25) is 5.02 Å². The smallest absolute Gasteiger partial charge is 0.321 e. The molecule has 2 N–H and O–H groups in total. The molecular weight excluding hydrogens is 400 g/mol. The van der Waals surface area contributed by atoms with Crippen LogP contribution >= 0.6 is 23.4 Å². The summed E-state index contributed by atoms with van der Waals surface area (Å²) in [5.41, 5.74) is 0.790. The van der Waals surface area contributed by atoms with Crippen molar-refractivity contribution in [1.29, 1.82) is 0 Å². The van der Waals surface area contributed by atoms with Crippen molar-refractivity contribution < 1.29 is 9.59 Å². The summed E-state index contributed by atoms with van der Waals surface area (Å²) in [7, 11) is 1.42. The van der Waals surface area contributed by atoms with Gasteiger partial charge in [0, 0.05) is 12.1 Å². The third-order valence-corrected chi connectivity index (χ3v) is 5.21. The van der Waals surface area contributed by atoms with Gasteiger partial charge in [-0.05, 0) is 37.3 Å². The van der Waals surface area contributed by atoms with E-state index in [0.29, 0.717) is 26.8 Å². The molecule has 1 aromatic heterocycles. The molecule has 0 bridgehead atoms. The zero-order valence-electron chi connectivity index (χ0n) is 15.1. The second-order valence-corrected chi connectivity index (χ2v) is 7.60. The van der Waals surface area contributed by atoms with Crippen molar-refractivity contribution in [3.63, 3.8) is 0 Å². The average Bonchev–Trinajstić information content (AvgIpc) is 2.68. The number of imide groups is 1. The first-order valence-corrected chi connectivity index (χ1v) is 9.63. The summed E-state index contributed by atoms with van der Waals surface area (Å²) in [4.78, 5) is 41.3. The summed E-state index contributed by atoms with van der Waals surface area (Å²) >= 11 is 7.17. The molecule has 28 heavy (non-hydrogen) atoms. The second-order valence-electron chi connectivity index (χ2n) is 5.86. The van der Waals surface area contributed by atoms with E-state index in [-0.39, 0.29) is 5.56 Å². The van der Waals surface area contributed by atoms with E-state index in [4.69, 9.17) is 11.6 Å². The van der Waals surface area contributed by atoms with E-state index in [9.17, 15) is 14.4 Å². The van der Waals surface area contributed by atoms with Crippen molar-refractivity contribution in [3.05, 3.63) is 63.9 Å². The van der Waals surface area contributed by atoms with E-state index < -0.39 is 17.2 Å². The predicted molar refractivity (Wildman–Crippen MR) is 110 cm³/mol. The molecule has 3 aromatic rings. The van der Waals surface area contributed by atoms with Crippen LogP contribution in [0, 0.1) is 0 Å². The van der Waals surface area contributed by atoms with Gasteiger partial charge in [0.25, 0.3) is 5.56 Å². The van der Waals surface area contributed by atoms with Crippen molar-refractivity contribution in [2.75, 3.05) is 7.05 Å². The van der Waals surface area contributed by atoms with Gasteiger partial charge >= 0.3 is 6.03 Å². The van der Waals surface area contributed by atoms with Crippen LogP contribution in [0.1, 0.15) is 6.92 Å². The zero-order valence-corrected chi connectivity index (χ0v) is 16.7. The van der Waals surface area contributed by atoms with Gasteiger partial charge in [-0.25, -0.2) is 9.78 Å². The van der Waals surface area contributed by atoms with Crippen molar-refractivity contribution >= 4 is 46.2 Å². The number of fused-ring (bicyclic) bond motifs is 1. The van der Waals surface area contributed by atoms with Gasteiger partial charge in [-0.2, -0.15) is 0 Å². The van der Waals surface area contributed by atoms with E-state index in [1.165, 1.54) is 11.6 Å². The molecule has 0 spiro atoms. The van der Waals surface area contributed by atoms with E-state index in [1.54, 1.807) is 55.5 Å². The van der Waals surface area contributed by atoms with Gasteiger partial charge < -0.3 is 5.32 Å². The maximum Gasteiger partial charge on any atom is 0.321 e. The number of para-hydroxylation sites is 1. The number of nitrogens with one attached hydrogen (secondary N) is 2. The predicted octanol–water partition coefficient (Wildman–Crippen LogP) is 2.98. The highest BCUT2D eigenvalue weighted by Gasteiger charge is 2.21. The van der Waals surface area contributed by atoms with E-state index in [1.807, 2.05) is 0 Å². The molecule has 1 heterocycles. The van der Waals surface area contributed by atoms with Gasteiger partial charge in [-0.1, -0.05) is 41.6 Å². The van der Waals surface area contributed by atoms with Gasteiger partial charge in [-0.15, -0.1) is 0 Å². The maximum atomic E-state index is 13.1. The van der Waals surface area contributed by atoms with Crippen LogP contribution in [0.3, 0.4) is 0 Å². The Balaban J connectivity index is 2.10. The molecule has 0 saturated carbocycles. The SMILES string of the molecule is CNC(=O)NC(=O)[C@H](C)Sc1nc2ccccc2c(=O)n1-c1cccc(Cl)c1. The normalized spacial score (nSPS) is 11.8. The van der Waals surface area contributed by atoms with Gasteiger partial charge in [0.15, 0.2) is 5.16 Å². The third kappa shape index (κ3) is 4.18. The van der Waals surface area contributed by atoms with Gasteiger partial charge in [0.2, 0.25) is 5.91 Å². The molecule has 2 aromatic carbocycles. The van der Waals surface area contributed by atoms with Gasteiger partial charge in [-0.3, -0.25) is 19.5 Å². The van der Waals surface area contributed by atoms with Crippen LogP contribution in [-0.2, 0) is 4.79 Å². The number of nitrogens with zero attached hydrogens (tertiary/aromatic N) is 2. The van der Waals surface area contributed by atoms with Crippen molar-refractivity contribution in [2.45, 2.75) is 17.3 Å². The zero-order chi connectivity index (χ0) is 20.3. The number of halogens is 1. The Morgan fingerprint density at radius 2 is 1.93 bits per heavy atom. The number of rotatable bonds is 4. The number of benzene rings is 2. The average molecular weight is 417 g/mol. The number of aromatic nitrogens is 2. The summed E-state index contributed by atoms with van der Waals surface area (Å²) in [6.45, 7) is 1.63. The fourth-order valence-corrected chi connectivity index (χ4v) is 3.63. The highest BCUT2D eigenvalue weighted by atomic mass is 35.5. The molecule has 0 radical (unpaired) electrons. The van der Waals surface area contributed by atoms with Crippen molar-refractivity contribution in [2.24, 2.45) is 0 Å². The Bertz CT molecular complexity index is 1120. The minimum atomic E-state index is -0.671. The van der Waals surface area contributed by atoms with Crippen LogP contribution in [0.4, 0.5) is 4.79 Å². The summed E-state index contributed by atoms with van der Waals surface area (Å²) in [6, 6.07) is 13.2. The number of thioether (sulfide) groups is 1. The lowest BCUT2D eigenvalue weighted by Crippen LogP contribution is -2.41. The number of amides is 3. The molecule has 144 valence electrons. The number of hydrogen-bond acceptors (Lipinski definition) is 5. The summed E-state index contributed by atoms with van der Waals surface area (Å²) in [5.74, 6) is -0.496. The molecule has 0 fully saturated rings. The Kier molecular flexibility index (Phi) is 6.01. The van der Waals surface area contributed by atoms with Gasteiger partial charge in [0.1, 0.15) is 0 Å². The standard InChI is InChI=1S/C19H17ClN4O3S/c1-11(16(25)23-18(27)21-2)28-19-22-15-9-4-3-8-14(15)17(26)24(19)13-7-5-6-12(20)10-13/h3-11H,1-2H3,(H2,21,23,25,27)/t11-/m0/s1. The summed E-state index contributed by atoms with van der Waals surface area (Å²) in [6.07, 6.45) is 0. The van der Waals surface area contributed by atoms with Crippen LogP contribution in [0.15, 0.2) is 58.5 Å². The largest absolute Gasteiger partial charge is 0.341 e. The molecule has 7 nitrogen and oxygen atoms in total. The minimum Gasteiger partial charge on any atom is -0.341 e. The first kappa shape index (κ1) is 19.9. The van der Waals surface area contributed by atoms with Crippen molar-refractivity contribution in [1.82, 2.24) is 20.2 Å². The topological polar surface area (TPSA) is 93.1 Å². The van der Waals surface area contributed by atoms with Crippen LogP contribution in [-0.4, -0.2) is 33.8 Å². The highest BCUT2D eigenvalue weighted by molar-refractivity contribution is 8.00. The molecular formula is C19H17ClN4O3S.